The third-order valence-electron chi connectivity index (χ3n) is 7.05. The zero-order valence-corrected chi connectivity index (χ0v) is 19.1. The molecular weight excluding hydrogens is 476 g/mol. The minimum Gasteiger partial charge on any atom is -0.396 e. The number of aromatic amines is 1. The van der Waals surface area contributed by atoms with Gasteiger partial charge in [0, 0.05) is 22.9 Å². The van der Waals surface area contributed by atoms with Gasteiger partial charge in [-0.15, -0.1) is 11.3 Å². The number of alkyl halides is 3. The number of nitrogens with one attached hydrogen (secondary N) is 1. The summed E-state index contributed by atoms with van der Waals surface area (Å²) in [6.45, 7) is 0. The number of rotatable bonds is 4. The number of H-pyrrole nitrogens is 1. The van der Waals surface area contributed by atoms with E-state index in [4.69, 9.17) is 16.2 Å². The number of methoxy groups -OCH3 is 1. The van der Waals surface area contributed by atoms with Crippen LogP contribution in [0.2, 0.25) is 0 Å². The van der Waals surface area contributed by atoms with Crippen molar-refractivity contribution in [1.29, 1.82) is 0 Å². The minimum absolute atomic E-state index is 0.107. The van der Waals surface area contributed by atoms with E-state index < -0.39 is 47.2 Å². The smallest absolute Gasteiger partial charge is 0.396 e. The summed E-state index contributed by atoms with van der Waals surface area (Å²) < 4.78 is 62.2. The van der Waals surface area contributed by atoms with Crippen molar-refractivity contribution < 1.29 is 22.3 Å². The molecule has 34 heavy (non-hydrogen) atoms. The maximum Gasteiger partial charge on any atom is 0.403 e. The van der Waals surface area contributed by atoms with Gasteiger partial charge in [-0.05, 0) is 49.7 Å². The van der Waals surface area contributed by atoms with Gasteiger partial charge in [-0.3, -0.25) is 14.3 Å². The van der Waals surface area contributed by atoms with Gasteiger partial charge in [-0.2, -0.15) is 13.2 Å². The molecule has 1 saturated carbocycles. The minimum atomic E-state index is -4.49. The third-order valence-corrected chi connectivity index (χ3v) is 8.37. The Hall–Kier alpha value is -2.44. The van der Waals surface area contributed by atoms with Gasteiger partial charge in [0.2, 0.25) is 0 Å². The van der Waals surface area contributed by atoms with Crippen LogP contribution in [0.5, 0.6) is 0 Å². The molecule has 4 atom stereocenters. The second-order valence-corrected chi connectivity index (χ2v) is 10.4. The van der Waals surface area contributed by atoms with Gasteiger partial charge in [0.15, 0.2) is 0 Å². The lowest BCUT2D eigenvalue weighted by Gasteiger charge is -2.32. The lowest BCUT2D eigenvalue weighted by molar-refractivity contribution is -0.159. The molecule has 0 spiro atoms. The number of ether oxygens (including phenoxy) is 1. The molecule has 0 aromatic carbocycles. The molecule has 5 rings (SSSR count). The van der Waals surface area contributed by atoms with Crippen LogP contribution in [0.25, 0.3) is 5.70 Å². The van der Waals surface area contributed by atoms with Gasteiger partial charge in [0.1, 0.15) is 18.0 Å². The number of nitrogens with two attached hydrogens (primary N) is 2. The highest BCUT2D eigenvalue weighted by Gasteiger charge is 2.46. The Bertz CT molecular complexity index is 1290. The summed E-state index contributed by atoms with van der Waals surface area (Å²) in [5, 5.41) is 0. The van der Waals surface area contributed by atoms with Gasteiger partial charge >= 0.3 is 11.9 Å². The number of aryl methyl sites for hydroxylation is 1. The Morgan fingerprint density at radius 2 is 1.97 bits per heavy atom. The summed E-state index contributed by atoms with van der Waals surface area (Å²) in [4.78, 5) is 28.8. The van der Waals surface area contributed by atoms with Crippen molar-refractivity contribution in [3.63, 3.8) is 0 Å². The van der Waals surface area contributed by atoms with Gasteiger partial charge in [0.05, 0.1) is 22.9 Å². The first-order chi connectivity index (χ1) is 16.0. The molecule has 1 fully saturated rings. The van der Waals surface area contributed by atoms with E-state index in [9.17, 15) is 22.8 Å². The van der Waals surface area contributed by atoms with Crippen LogP contribution in [-0.2, 0) is 17.6 Å². The molecule has 2 aromatic rings. The van der Waals surface area contributed by atoms with Crippen molar-refractivity contribution in [3.8, 4) is 0 Å². The summed E-state index contributed by atoms with van der Waals surface area (Å²) in [6, 6.07) is -0.368. The Kier molecular flexibility index (Phi) is 5.53. The van der Waals surface area contributed by atoms with E-state index in [-0.39, 0.29) is 35.8 Å². The standard InChI is InChI=1S/C22H24F4N4O3S/c1-33-18-13(12-7-9-6-8(2-5-11(9)34-12)19(28)22(24,25)26)15(23)16(27)14-17(18)30(10-3-4-10)21(32)29-20(14)31/h7-8,10,13,18-19H,2-6,27-28H2,1H3,(H,29,31,32). The summed E-state index contributed by atoms with van der Waals surface area (Å²) in [5.41, 5.74) is 10.6. The Balaban J connectivity index is 1.59. The van der Waals surface area contributed by atoms with Gasteiger partial charge in [-0.1, -0.05) is 0 Å². The summed E-state index contributed by atoms with van der Waals surface area (Å²) in [7, 11) is 1.37. The first kappa shape index (κ1) is 23.3. The second kappa shape index (κ2) is 8.06. The van der Waals surface area contributed by atoms with E-state index in [1.165, 1.54) is 23.0 Å². The molecule has 7 nitrogen and oxygen atoms in total. The summed E-state index contributed by atoms with van der Waals surface area (Å²) >= 11 is 1.30. The first-order valence-electron chi connectivity index (χ1n) is 11.0. The quantitative estimate of drug-likeness (QED) is 0.558. The van der Waals surface area contributed by atoms with Crippen LogP contribution in [0.3, 0.4) is 0 Å². The first-order valence-corrected chi connectivity index (χ1v) is 11.8. The van der Waals surface area contributed by atoms with Gasteiger partial charge in [-0.25, -0.2) is 9.18 Å². The summed E-state index contributed by atoms with van der Waals surface area (Å²) in [5.74, 6) is -2.54. The molecule has 184 valence electrons. The van der Waals surface area contributed by atoms with Gasteiger partial charge < -0.3 is 16.2 Å². The lowest BCUT2D eigenvalue weighted by Crippen LogP contribution is -2.45. The van der Waals surface area contributed by atoms with Crippen molar-refractivity contribution in [1.82, 2.24) is 9.55 Å². The number of hydrogen-bond acceptors (Lipinski definition) is 6. The normalized spacial score (nSPS) is 25.8. The van der Waals surface area contributed by atoms with E-state index in [0.717, 1.165) is 17.7 Å². The van der Waals surface area contributed by atoms with Crippen molar-refractivity contribution >= 4 is 17.0 Å². The number of aromatic nitrogens is 2. The number of fused-ring (bicyclic) bond motifs is 2. The van der Waals surface area contributed by atoms with Crippen molar-refractivity contribution in [2.75, 3.05) is 7.11 Å². The Morgan fingerprint density at radius 1 is 1.26 bits per heavy atom. The highest BCUT2D eigenvalue weighted by molar-refractivity contribution is 7.12. The maximum absolute atomic E-state index is 15.7. The van der Waals surface area contributed by atoms with Crippen molar-refractivity contribution in [3.05, 3.63) is 59.3 Å². The van der Waals surface area contributed by atoms with E-state index in [2.05, 4.69) is 4.98 Å². The largest absolute Gasteiger partial charge is 0.403 e. The van der Waals surface area contributed by atoms with E-state index in [1.54, 1.807) is 6.07 Å². The predicted octanol–water partition coefficient (Wildman–Crippen LogP) is 3.01. The third kappa shape index (κ3) is 3.62. The van der Waals surface area contributed by atoms with Crippen LogP contribution in [0.1, 0.15) is 63.9 Å². The average Bonchev–Trinajstić information content (AvgIpc) is 3.51. The topological polar surface area (TPSA) is 116 Å². The van der Waals surface area contributed by atoms with Crippen molar-refractivity contribution in [2.45, 2.75) is 62.4 Å². The highest BCUT2D eigenvalue weighted by Crippen LogP contribution is 2.51. The molecular formula is C22H24F4N4O3S. The molecule has 0 saturated heterocycles. The average molecular weight is 501 g/mol. The molecule has 0 radical (unpaired) electrons. The predicted molar refractivity (Wildman–Crippen MR) is 118 cm³/mol. The second-order valence-electron chi connectivity index (χ2n) is 9.18. The van der Waals surface area contributed by atoms with Crippen LogP contribution in [0.15, 0.2) is 21.5 Å². The number of halogens is 4. The van der Waals surface area contributed by atoms with Crippen LogP contribution in [-0.4, -0.2) is 28.9 Å². The fourth-order valence-corrected chi connectivity index (χ4v) is 6.54. The maximum atomic E-state index is 15.7. The number of thiophene rings is 1. The van der Waals surface area contributed by atoms with Crippen molar-refractivity contribution in [2.24, 2.45) is 17.4 Å². The Morgan fingerprint density at radius 3 is 2.59 bits per heavy atom. The number of nitrogens with zero attached hydrogens (tertiary/aromatic N) is 1. The monoisotopic (exact) mass is 500 g/mol. The summed E-state index contributed by atoms with van der Waals surface area (Å²) in [6.07, 6.45) is -3.18. The molecule has 4 unspecified atom stereocenters. The van der Waals surface area contributed by atoms with E-state index >= 15 is 4.39 Å². The van der Waals surface area contributed by atoms with Crippen LogP contribution in [0, 0.1) is 5.92 Å². The fourth-order valence-electron chi connectivity index (χ4n) is 5.20. The fraction of sp³-hybridized carbons (Fsp3) is 0.545. The molecule has 3 aliphatic carbocycles. The van der Waals surface area contributed by atoms with Gasteiger partial charge in [0.25, 0.3) is 5.56 Å². The zero-order valence-electron chi connectivity index (χ0n) is 18.2. The molecule has 0 amide bonds. The van der Waals surface area contributed by atoms with E-state index in [1.807, 2.05) is 0 Å². The van der Waals surface area contributed by atoms with E-state index in [0.29, 0.717) is 16.9 Å². The molecule has 5 N–H and O–H groups in total. The van der Waals surface area contributed by atoms with Crippen LogP contribution < -0.4 is 22.7 Å². The van der Waals surface area contributed by atoms with Crippen LogP contribution in [0.4, 0.5) is 17.6 Å². The molecule has 0 aliphatic heterocycles. The molecule has 2 heterocycles. The highest BCUT2D eigenvalue weighted by atomic mass is 32.1. The zero-order chi connectivity index (χ0) is 24.5. The number of hydrogen-bond donors (Lipinski definition) is 3. The lowest BCUT2D eigenvalue weighted by atomic mass is 9.82. The SMILES string of the molecule is COC1c2c(c(=O)[nH]c(=O)n2C2CC2)C(N)=C(F)C1c1cc2c(s1)CCC(C(N)C(F)(F)F)C2. The Labute approximate surface area is 195 Å². The molecule has 2 aromatic heterocycles. The molecule has 0 bridgehead atoms. The molecule has 12 heteroatoms. The molecule has 3 aliphatic rings. The van der Waals surface area contributed by atoms with Crippen LogP contribution >= 0.6 is 11.3 Å².